The predicted octanol–water partition coefficient (Wildman–Crippen LogP) is 5.58. The fraction of sp³-hybridized carbons (Fsp3) is 0.414. The molecule has 35 heavy (non-hydrogen) atoms. The van der Waals surface area contributed by atoms with E-state index in [1.54, 1.807) is 7.11 Å². The Morgan fingerprint density at radius 2 is 1.83 bits per heavy atom. The normalized spacial score (nSPS) is 12.5. The van der Waals surface area contributed by atoms with E-state index in [4.69, 9.17) is 9.84 Å². The van der Waals surface area contributed by atoms with E-state index < -0.39 is 0 Å². The number of benzene rings is 2. The minimum absolute atomic E-state index is 0.155. The molecule has 6 nitrogen and oxygen atoms in total. The van der Waals surface area contributed by atoms with Crippen LogP contribution < -0.4 is 14.9 Å². The molecule has 2 aromatic heterocycles. The largest absolute Gasteiger partial charge is 0.496 e. The summed E-state index contributed by atoms with van der Waals surface area (Å²) in [6, 6.07) is 14.6. The van der Waals surface area contributed by atoms with Crippen molar-refractivity contribution in [1.82, 2.24) is 19.8 Å². The summed E-state index contributed by atoms with van der Waals surface area (Å²) in [6.45, 7) is 15.3. The van der Waals surface area contributed by atoms with E-state index in [0.29, 0.717) is 5.82 Å². The van der Waals surface area contributed by atoms with E-state index in [1.165, 1.54) is 29.7 Å². The van der Waals surface area contributed by atoms with Crippen LogP contribution in [0.3, 0.4) is 0 Å². The fourth-order valence-electron chi connectivity index (χ4n) is 4.48. The maximum atomic E-state index is 5.58. The van der Waals surface area contributed by atoms with Crippen molar-refractivity contribution < 1.29 is 4.74 Å². The second-order valence-corrected chi connectivity index (χ2v) is 10.1. The van der Waals surface area contributed by atoms with Gasteiger partial charge in [0.15, 0.2) is 11.5 Å². The molecule has 4 aromatic rings. The van der Waals surface area contributed by atoms with Crippen LogP contribution in [-0.4, -0.2) is 40.0 Å². The Morgan fingerprint density at radius 3 is 2.49 bits per heavy atom. The molecule has 6 heteroatoms. The molecular weight excluding hydrogens is 434 g/mol. The van der Waals surface area contributed by atoms with E-state index in [2.05, 4.69) is 80.9 Å². The third-order valence-electron chi connectivity index (χ3n) is 6.48. The Bertz CT molecular complexity index is 1370. The standard InChI is InChI=1S/C29H37N5O/c1-8-10-17-33(9-2)22-16-15-21(20(3)18-22)19-24-26(29(4,5)6)32-34-27(30-31-28(24)34)23-13-11-12-14-25(23)35-7/h11-16,18-19H,8-10,17H2,1-7H3/b24-19-. The summed E-state index contributed by atoms with van der Waals surface area (Å²) in [5.74, 6) is 1.44. The van der Waals surface area contributed by atoms with Gasteiger partial charge in [-0.25, -0.2) is 0 Å². The van der Waals surface area contributed by atoms with Gasteiger partial charge >= 0.3 is 0 Å². The summed E-state index contributed by atoms with van der Waals surface area (Å²) in [5, 5.41) is 15.1. The molecule has 2 heterocycles. The number of fused-ring (bicyclic) bond motifs is 1. The number of aromatic nitrogens is 4. The zero-order valence-corrected chi connectivity index (χ0v) is 22.1. The lowest BCUT2D eigenvalue weighted by Crippen LogP contribution is -2.24. The van der Waals surface area contributed by atoms with Crippen molar-refractivity contribution in [2.45, 2.75) is 59.8 Å². The Balaban J connectivity index is 1.86. The van der Waals surface area contributed by atoms with Crippen LogP contribution in [0.5, 0.6) is 5.75 Å². The van der Waals surface area contributed by atoms with Gasteiger partial charge in [-0.3, -0.25) is 0 Å². The number of para-hydroxylation sites is 1. The second-order valence-electron chi connectivity index (χ2n) is 10.1. The van der Waals surface area contributed by atoms with Crippen LogP contribution in [0.2, 0.25) is 0 Å². The number of aryl methyl sites for hydroxylation is 1. The van der Waals surface area contributed by atoms with Gasteiger partial charge in [-0.15, -0.1) is 10.2 Å². The highest BCUT2D eigenvalue weighted by molar-refractivity contribution is 5.69. The maximum absolute atomic E-state index is 5.58. The van der Waals surface area contributed by atoms with E-state index in [1.807, 2.05) is 28.8 Å². The molecule has 0 amide bonds. The third kappa shape index (κ3) is 4.88. The fourth-order valence-corrected chi connectivity index (χ4v) is 4.48. The van der Waals surface area contributed by atoms with Crippen molar-refractivity contribution in [2.75, 3.05) is 25.1 Å². The molecule has 2 aromatic carbocycles. The van der Waals surface area contributed by atoms with Gasteiger partial charge in [0.05, 0.1) is 18.4 Å². The summed E-state index contributed by atoms with van der Waals surface area (Å²) in [4.78, 5) is 2.45. The monoisotopic (exact) mass is 471 g/mol. The minimum Gasteiger partial charge on any atom is -0.496 e. The first-order valence-electron chi connectivity index (χ1n) is 12.5. The molecule has 0 aliphatic carbocycles. The average molecular weight is 472 g/mol. The Hall–Kier alpha value is -3.41. The van der Waals surface area contributed by atoms with Crippen LogP contribution in [0.4, 0.5) is 5.69 Å². The third-order valence-corrected chi connectivity index (χ3v) is 6.48. The highest BCUT2D eigenvalue weighted by Crippen LogP contribution is 2.29. The van der Waals surface area contributed by atoms with Gasteiger partial charge in [-0.05, 0) is 61.7 Å². The van der Waals surface area contributed by atoms with Crippen molar-refractivity contribution in [3.63, 3.8) is 0 Å². The van der Waals surface area contributed by atoms with Crippen LogP contribution in [0.25, 0.3) is 23.1 Å². The highest BCUT2D eigenvalue weighted by atomic mass is 16.5. The molecule has 0 saturated heterocycles. The molecule has 0 N–H and O–H groups in total. The van der Waals surface area contributed by atoms with Gasteiger partial charge in [-0.2, -0.15) is 9.61 Å². The predicted molar refractivity (Wildman–Crippen MR) is 144 cm³/mol. The Kier molecular flexibility index (Phi) is 7.10. The first-order valence-corrected chi connectivity index (χ1v) is 12.5. The smallest absolute Gasteiger partial charge is 0.189 e. The number of anilines is 1. The van der Waals surface area contributed by atoms with Crippen LogP contribution in [0.15, 0.2) is 42.5 Å². The summed E-state index contributed by atoms with van der Waals surface area (Å²) < 4.78 is 7.44. The average Bonchev–Trinajstić information content (AvgIpc) is 3.41. The van der Waals surface area contributed by atoms with Gasteiger partial charge in [0, 0.05) is 29.4 Å². The van der Waals surface area contributed by atoms with Crippen molar-refractivity contribution in [3.8, 4) is 17.1 Å². The van der Waals surface area contributed by atoms with Gasteiger partial charge in [0.2, 0.25) is 0 Å². The number of hydrogen-bond donors (Lipinski definition) is 0. The lowest BCUT2D eigenvalue weighted by atomic mass is 9.90. The molecule has 184 valence electrons. The summed E-state index contributed by atoms with van der Waals surface area (Å²) in [7, 11) is 1.67. The number of unbranched alkanes of at least 4 members (excludes halogenated alkanes) is 1. The molecular formula is C29H37N5O. The Labute approximate surface area is 208 Å². The molecule has 4 rings (SSSR count). The SMILES string of the molecule is CCCCN(CC)c1ccc(/C=c2/c(C(C)(C)C)nn3c(-c4ccccc4OC)nnc23)c(C)c1. The van der Waals surface area contributed by atoms with Crippen molar-refractivity contribution in [2.24, 2.45) is 0 Å². The Morgan fingerprint density at radius 1 is 1.06 bits per heavy atom. The quantitative estimate of drug-likeness (QED) is 0.336. The van der Waals surface area contributed by atoms with Crippen molar-refractivity contribution in [1.29, 1.82) is 0 Å². The zero-order valence-electron chi connectivity index (χ0n) is 22.1. The van der Waals surface area contributed by atoms with Crippen molar-refractivity contribution in [3.05, 3.63) is 64.5 Å². The number of methoxy groups -OCH3 is 1. The van der Waals surface area contributed by atoms with Gasteiger partial charge in [0.1, 0.15) is 5.75 Å². The van der Waals surface area contributed by atoms with Crippen molar-refractivity contribution >= 4 is 17.4 Å². The van der Waals surface area contributed by atoms with Crippen LogP contribution in [0, 0.1) is 6.92 Å². The van der Waals surface area contributed by atoms with E-state index in [0.717, 1.165) is 41.0 Å². The minimum atomic E-state index is -0.155. The lowest BCUT2D eigenvalue weighted by molar-refractivity contribution is 0.416. The number of rotatable bonds is 8. The molecule has 0 fully saturated rings. The van der Waals surface area contributed by atoms with Gasteiger partial charge < -0.3 is 9.64 Å². The molecule has 0 bridgehead atoms. The van der Waals surface area contributed by atoms with Crippen LogP contribution in [-0.2, 0) is 5.41 Å². The molecule has 0 aliphatic rings. The zero-order chi connectivity index (χ0) is 25.2. The summed E-state index contributed by atoms with van der Waals surface area (Å²) in [6.07, 6.45) is 4.62. The lowest BCUT2D eigenvalue weighted by Gasteiger charge is -2.23. The molecule has 0 spiro atoms. The molecule has 0 unspecified atom stereocenters. The molecule has 0 saturated carbocycles. The summed E-state index contributed by atoms with van der Waals surface area (Å²) in [5.41, 5.74) is 6.16. The first kappa shape index (κ1) is 24.7. The molecule has 0 atom stereocenters. The van der Waals surface area contributed by atoms with Crippen LogP contribution >= 0.6 is 0 Å². The molecule has 0 radical (unpaired) electrons. The van der Waals surface area contributed by atoms with Crippen LogP contribution in [0.1, 0.15) is 64.3 Å². The van der Waals surface area contributed by atoms with E-state index >= 15 is 0 Å². The first-order chi connectivity index (χ1) is 16.8. The topological polar surface area (TPSA) is 55.6 Å². The van der Waals surface area contributed by atoms with E-state index in [9.17, 15) is 0 Å². The number of hydrogen-bond acceptors (Lipinski definition) is 5. The second kappa shape index (κ2) is 10.1. The summed E-state index contributed by atoms with van der Waals surface area (Å²) >= 11 is 0. The van der Waals surface area contributed by atoms with E-state index in [-0.39, 0.29) is 5.41 Å². The number of ether oxygens (including phenoxy) is 1. The van der Waals surface area contributed by atoms with Gasteiger partial charge in [0.25, 0.3) is 0 Å². The number of nitrogens with zero attached hydrogens (tertiary/aromatic N) is 5. The van der Waals surface area contributed by atoms with Gasteiger partial charge in [-0.1, -0.05) is 52.3 Å². The highest BCUT2D eigenvalue weighted by Gasteiger charge is 2.25. The molecule has 0 aliphatic heterocycles. The maximum Gasteiger partial charge on any atom is 0.189 e.